The van der Waals surface area contributed by atoms with Gasteiger partial charge in [-0.25, -0.2) is 9.97 Å². The number of benzene rings is 1. The molecule has 3 heterocycles. The van der Waals surface area contributed by atoms with Gasteiger partial charge in [0, 0.05) is 43.0 Å². The molecule has 12 heteroatoms. The molecule has 1 aromatic carbocycles. The molecule has 0 saturated carbocycles. The second kappa shape index (κ2) is 9.63. The molecule has 4 rings (SSSR count). The molecule has 3 N–H and O–H groups in total. The molecule has 35 heavy (non-hydrogen) atoms. The van der Waals surface area contributed by atoms with Gasteiger partial charge in [0.1, 0.15) is 11.6 Å². The summed E-state index contributed by atoms with van der Waals surface area (Å²) >= 11 is 0. The lowest BCUT2D eigenvalue weighted by Crippen LogP contribution is -2.09. The van der Waals surface area contributed by atoms with E-state index in [9.17, 15) is 18.0 Å². The molecule has 1 amide bonds. The van der Waals surface area contributed by atoms with E-state index in [0.29, 0.717) is 28.3 Å². The maximum atomic E-state index is 13.0. The predicted octanol–water partition coefficient (Wildman–Crippen LogP) is 4.90. The number of aromatic nitrogens is 5. The van der Waals surface area contributed by atoms with E-state index >= 15 is 0 Å². The second-order valence-electron chi connectivity index (χ2n) is 7.31. The van der Waals surface area contributed by atoms with Crippen LogP contribution < -0.4 is 16.0 Å². The number of nitrogens with one attached hydrogen (secondary N) is 3. The van der Waals surface area contributed by atoms with Crippen LogP contribution in [-0.4, -0.2) is 30.6 Å². The molecule has 0 bridgehead atoms. The van der Waals surface area contributed by atoms with Gasteiger partial charge in [-0.15, -0.1) is 0 Å². The zero-order valence-corrected chi connectivity index (χ0v) is 18.3. The van der Waals surface area contributed by atoms with Gasteiger partial charge in [-0.1, -0.05) is 18.7 Å². The number of rotatable bonds is 7. The minimum Gasteiger partial charge on any atom is -0.339 e. The van der Waals surface area contributed by atoms with Crippen molar-refractivity contribution in [2.45, 2.75) is 6.18 Å². The third-order valence-corrected chi connectivity index (χ3v) is 4.73. The van der Waals surface area contributed by atoms with Gasteiger partial charge in [0.15, 0.2) is 0 Å². The lowest BCUT2D eigenvalue weighted by Gasteiger charge is -2.14. The first-order chi connectivity index (χ1) is 16.7. The fourth-order valence-corrected chi connectivity index (χ4v) is 3.09. The van der Waals surface area contributed by atoms with Gasteiger partial charge >= 0.3 is 6.18 Å². The van der Waals surface area contributed by atoms with E-state index in [1.165, 1.54) is 24.5 Å². The van der Waals surface area contributed by atoms with Crippen molar-refractivity contribution in [3.63, 3.8) is 0 Å². The van der Waals surface area contributed by atoms with E-state index in [4.69, 9.17) is 0 Å². The first-order valence-electron chi connectivity index (χ1n) is 10.2. The number of amides is 1. The molecule has 0 aliphatic heterocycles. The monoisotopic (exact) mass is 480 g/mol. The number of hydrogen-bond acceptors (Lipinski definition) is 7. The van der Waals surface area contributed by atoms with Crippen LogP contribution in [0.15, 0.2) is 73.8 Å². The zero-order valence-electron chi connectivity index (χ0n) is 18.3. The molecule has 0 spiro atoms. The number of alkyl halides is 3. The van der Waals surface area contributed by atoms with Crippen LogP contribution in [0.2, 0.25) is 0 Å². The van der Waals surface area contributed by atoms with E-state index in [-0.39, 0.29) is 11.8 Å². The molecular formula is C23H19F3N8O. The van der Waals surface area contributed by atoms with Gasteiger partial charge < -0.3 is 16.0 Å². The van der Waals surface area contributed by atoms with Crippen LogP contribution in [0, 0.1) is 0 Å². The van der Waals surface area contributed by atoms with Crippen LogP contribution in [0.1, 0.15) is 5.56 Å². The molecule has 178 valence electrons. The first-order valence-corrected chi connectivity index (χ1v) is 10.2. The molecule has 0 saturated heterocycles. The minimum atomic E-state index is -4.45. The number of hydrogen-bond donors (Lipinski definition) is 3. The molecule has 0 fully saturated rings. The summed E-state index contributed by atoms with van der Waals surface area (Å²) in [5, 5.41) is 12.8. The van der Waals surface area contributed by atoms with Crippen LogP contribution in [0.25, 0.3) is 11.1 Å². The molecule has 9 nitrogen and oxygen atoms in total. The van der Waals surface area contributed by atoms with Crippen molar-refractivity contribution in [1.82, 2.24) is 24.7 Å². The standard InChI is InChI=1S/C23H19F3N8O/c1-3-20(35)32-19-10-16(8-9-27-19)30-21-18(14-4-6-15(7-5-14)23(24,25)26)12-28-22(33-21)31-17-11-29-34(2)13-17/h3-13H,1H2,2H3,(H3,27,28,30,31,32,33,35). The van der Waals surface area contributed by atoms with Gasteiger partial charge in [0.25, 0.3) is 0 Å². The van der Waals surface area contributed by atoms with Gasteiger partial charge in [0.05, 0.1) is 17.4 Å². The Kier molecular flexibility index (Phi) is 6.44. The largest absolute Gasteiger partial charge is 0.416 e. The van der Waals surface area contributed by atoms with Crippen molar-refractivity contribution in [3.8, 4) is 11.1 Å². The fourth-order valence-electron chi connectivity index (χ4n) is 3.09. The highest BCUT2D eigenvalue weighted by Crippen LogP contribution is 2.34. The summed E-state index contributed by atoms with van der Waals surface area (Å²) in [5.41, 5.74) is 1.35. The SMILES string of the molecule is C=CC(=O)Nc1cc(Nc2nc(Nc3cnn(C)c3)ncc2-c2ccc(C(F)(F)F)cc2)ccn1. The molecule has 4 aromatic rings. The third-order valence-electron chi connectivity index (χ3n) is 4.73. The Hall–Kier alpha value is -4.74. The third kappa shape index (κ3) is 5.79. The van der Waals surface area contributed by atoms with Crippen molar-refractivity contribution in [1.29, 1.82) is 0 Å². The van der Waals surface area contributed by atoms with E-state index in [1.54, 1.807) is 36.3 Å². The highest BCUT2D eigenvalue weighted by atomic mass is 19.4. The molecule has 0 aliphatic carbocycles. The highest BCUT2D eigenvalue weighted by molar-refractivity contribution is 5.98. The summed E-state index contributed by atoms with van der Waals surface area (Å²) in [6.07, 6.45) is 2.98. The number of anilines is 5. The summed E-state index contributed by atoms with van der Waals surface area (Å²) in [4.78, 5) is 24.5. The van der Waals surface area contributed by atoms with E-state index in [0.717, 1.165) is 18.2 Å². The van der Waals surface area contributed by atoms with Crippen molar-refractivity contribution < 1.29 is 18.0 Å². The summed E-state index contributed by atoms with van der Waals surface area (Å²) in [5.74, 6) is 0.410. The smallest absolute Gasteiger partial charge is 0.339 e. The number of pyridine rings is 1. The Morgan fingerprint density at radius 1 is 1.06 bits per heavy atom. The van der Waals surface area contributed by atoms with Crippen LogP contribution in [-0.2, 0) is 18.0 Å². The Morgan fingerprint density at radius 3 is 2.49 bits per heavy atom. The maximum absolute atomic E-state index is 13.0. The molecule has 3 aromatic heterocycles. The number of carbonyl (C=O) groups is 1. The summed E-state index contributed by atoms with van der Waals surface area (Å²) in [6.45, 7) is 3.40. The topological polar surface area (TPSA) is 110 Å². The van der Waals surface area contributed by atoms with Crippen LogP contribution in [0.5, 0.6) is 0 Å². The second-order valence-corrected chi connectivity index (χ2v) is 7.31. The predicted molar refractivity (Wildman–Crippen MR) is 125 cm³/mol. The fraction of sp³-hybridized carbons (Fsp3) is 0.0870. The van der Waals surface area contributed by atoms with Gasteiger partial charge in [-0.3, -0.25) is 9.48 Å². The Bertz CT molecular complexity index is 1370. The summed E-state index contributed by atoms with van der Waals surface area (Å²) in [7, 11) is 1.76. The van der Waals surface area contributed by atoms with Crippen molar-refractivity contribution in [3.05, 3.63) is 79.4 Å². The Balaban J connectivity index is 1.70. The summed E-state index contributed by atoms with van der Waals surface area (Å²) < 4.78 is 40.6. The number of carbonyl (C=O) groups excluding carboxylic acids is 1. The van der Waals surface area contributed by atoms with E-state index in [1.807, 2.05) is 0 Å². The van der Waals surface area contributed by atoms with Gasteiger partial charge in [-0.2, -0.15) is 23.3 Å². The highest BCUT2D eigenvalue weighted by Gasteiger charge is 2.30. The van der Waals surface area contributed by atoms with E-state index in [2.05, 4.69) is 42.6 Å². The first kappa shape index (κ1) is 23.4. The van der Waals surface area contributed by atoms with Crippen LogP contribution in [0.3, 0.4) is 0 Å². The molecule has 0 aliphatic rings. The van der Waals surface area contributed by atoms with Crippen LogP contribution in [0.4, 0.5) is 42.1 Å². The normalized spacial score (nSPS) is 11.1. The van der Waals surface area contributed by atoms with Crippen molar-refractivity contribution in [2.75, 3.05) is 16.0 Å². The van der Waals surface area contributed by atoms with Gasteiger partial charge in [0.2, 0.25) is 11.9 Å². The average Bonchev–Trinajstić information content (AvgIpc) is 3.23. The maximum Gasteiger partial charge on any atom is 0.416 e. The quantitative estimate of drug-likeness (QED) is 0.323. The molecule has 0 atom stereocenters. The van der Waals surface area contributed by atoms with Crippen LogP contribution >= 0.6 is 0 Å². The minimum absolute atomic E-state index is 0.241. The zero-order chi connectivity index (χ0) is 25.0. The number of nitrogens with zero attached hydrogens (tertiary/aromatic N) is 5. The lowest BCUT2D eigenvalue weighted by atomic mass is 10.1. The van der Waals surface area contributed by atoms with Crippen molar-refractivity contribution in [2.24, 2.45) is 7.05 Å². The molecule has 0 radical (unpaired) electrons. The van der Waals surface area contributed by atoms with Gasteiger partial charge in [-0.05, 0) is 29.8 Å². The Labute approximate surface area is 197 Å². The molecular weight excluding hydrogens is 461 g/mol. The number of halogens is 3. The lowest BCUT2D eigenvalue weighted by molar-refractivity contribution is -0.137. The summed E-state index contributed by atoms with van der Waals surface area (Å²) in [6, 6.07) is 7.92. The average molecular weight is 480 g/mol. The van der Waals surface area contributed by atoms with Crippen molar-refractivity contribution >= 4 is 34.9 Å². The number of aryl methyl sites for hydroxylation is 1. The Morgan fingerprint density at radius 2 is 1.83 bits per heavy atom. The van der Waals surface area contributed by atoms with E-state index < -0.39 is 17.6 Å². The molecule has 0 unspecified atom stereocenters.